The number of amides is 1. The van der Waals surface area contributed by atoms with Crippen molar-refractivity contribution in [3.63, 3.8) is 0 Å². The molecular weight excluding hydrogens is 338 g/mol. The van der Waals surface area contributed by atoms with Crippen molar-refractivity contribution in [2.24, 2.45) is 0 Å². The number of hydrogen-bond donors (Lipinski definition) is 1. The average molecular weight is 360 g/mol. The van der Waals surface area contributed by atoms with Crippen molar-refractivity contribution in [2.45, 2.75) is 44.2 Å². The van der Waals surface area contributed by atoms with Gasteiger partial charge in [0.2, 0.25) is 0 Å². The Labute approximate surface area is 152 Å². The molecule has 0 spiro atoms. The van der Waals surface area contributed by atoms with E-state index >= 15 is 0 Å². The van der Waals surface area contributed by atoms with Gasteiger partial charge in [0.25, 0.3) is 5.91 Å². The third-order valence-corrected chi connectivity index (χ3v) is 5.23. The van der Waals surface area contributed by atoms with Crippen molar-refractivity contribution in [2.75, 3.05) is 13.1 Å². The second-order valence-corrected chi connectivity index (χ2v) is 7.48. The van der Waals surface area contributed by atoms with Crippen molar-refractivity contribution >= 4 is 17.5 Å². The summed E-state index contributed by atoms with van der Waals surface area (Å²) in [4.78, 5) is 14.7. The van der Waals surface area contributed by atoms with E-state index in [9.17, 15) is 4.79 Å². The van der Waals surface area contributed by atoms with Gasteiger partial charge in [-0.05, 0) is 43.4 Å². The first-order valence-corrected chi connectivity index (χ1v) is 9.29. The maximum atomic E-state index is 12.3. The predicted molar refractivity (Wildman–Crippen MR) is 95.7 cm³/mol. The smallest absolute Gasteiger partial charge is 0.273 e. The molecule has 5 nitrogen and oxygen atoms in total. The number of benzene rings is 1. The van der Waals surface area contributed by atoms with Crippen molar-refractivity contribution in [3.05, 3.63) is 52.4 Å². The van der Waals surface area contributed by atoms with Crippen molar-refractivity contribution < 1.29 is 9.32 Å². The van der Waals surface area contributed by atoms with E-state index in [1.165, 1.54) is 5.56 Å². The largest absolute Gasteiger partial charge is 0.360 e. The van der Waals surface area contributed by atoms with Crippen LogP contribution < -0.4 is 5.32 Å². The third-order valence-electron chi connectivity index (χ3n) is 4.98. The number of hydrogen-bond acceptors (Lipinski definition) is 4. The molecule has 1 saturated heterocycles. The van der Waals surface area contributed by atoms with Crippen LogP contribution in [0.1, 0.15) is 53.4 Å². The van der Waals surface area contributed by atoms with Crippen LogP contribution in [0, 0.1) is 0 Å². The topological polar surface area (TPSA) is 58.4 Å². The quantitative estimate of drug-likeness (QED) is 0.886. The molecule has 0 unspecified atom stereocenters. The van der Waals surface area contributed by atoms with Crippen LogP contribution in [0.2, 0.25) is 5.02 Å². The second-order valence-electron chi connectivity index (χ2n) is 7.04. The van der Waals surface area contributed by atoms with Crippen molar-refractivity contribution in [3.8, 4) is 0 Å². The minimum absolute atomic E-state index is 0.119. The summed E-state index contributed by atoms with van der Waals surface area (Å²) >= 11 is 5.93. The molecule has 2 aliphatic rings. The zero-order chi connectivity index (χ0) is 17.2. The summed E-state index contributed by atoms with van der Waals surface area (Å²) in [7, 11) is 0. The molecule has 1 N–H and O–H groups in total. The minimum Gasteiger partial charge on any atom is -0.360 e. The lowest BCUT2D eigenvalue weighted by Crippen LogP contribution is -2.44. The maximum Gasteiger partial charge on any atom is 0.273 e. The van der Waals surface area contributed by atoms with E-state index < -0.39 is 0 Å². The fourth-order valence-electron chi connectivity index (χ4n) is 3.30. The molecule has 0 atom stereocenters. The van der Waals surface area contributed by atoms with Crippen LogP contribution in [0.5, 0.6) is 0 Å². The van der Waals surface area contributed by atoms with Gasteiger partial charge in [0.1, 0.15) is 5.76 Å². The lowest BCUT2D eigenvalue weighted by atomic mass is 10.0. The molecule has 1 aromatic carbocycles. The standard InChI is InChI=1S/C19H22ClN3O2/c20-15-5-1-13(2-6-15)12-23-9-7-16(8-10-23)21-19(24)17-11-18(25-22-17)14-3-4-14/h1-2,5-6,11,14,16H,3-4,7-10,12H2,(H,21,24). The molecule has 132 valence electrons. The molecular formula is C19H22ClN3O2. The van der Waals surface area contributed by atoms with E-state index in [4.69, 9.17) is 16.1 Å². The van der Waals surface area contributed by atoms with Crippen LogP contribution in [0.3, 0.4) is 0 Å². The van der Waals surface area contributed by atoms with Gasteiger partial charge in [-0.15, -0.1) is 0 Å². The summed E-state index contributed by atoms with van der Waals surface area (Å²) in [6, 6.07) is 9.99. The summed E-state index contributed by atoms with van der Waals surface area (Å²) in [5, 5.41) is 7.77. The van der Waals surface area contributed by atoms with Gasteiger partial charge in [0.05, 0.1) is 0 Å². The van der Waals surface area contributed by atoms with Crippen LogP contribution in [0.15, 0.2) is 34.9 Å². The summed E-state index contributed by atoms with van der Waals surface area (Å²) in [6.45, 7) is 2.87. The molecule has 2 heterocycles. The molecule has 6 heteroatoms. The number of halogens is 1. The molecule has 1 aliphatic carbocycles. The molecule has 1 aromatic heterocycles. The van der Waals surface area contributed by atoms with Crippen LogP contribution in [0.4, 0.5) is 0 Å². The summed E-state index contributed by atoms with van der Waals surface area (Å²) < 4.78 is 5.26. The maximum absolute atomic E-state index is 12.3. The molecule has 0 radical (unpaired) electrons. The van der Waals surface area contributed by atoms with Crippen LogP contribution >= 0.6 is 11.6 Å². The first-order valence-electron chi connectivity index (χ1n) is 8.91. The van der Waals surface area contributed by atoms with E-state index in [0.29, 0.717) is 11.6 Å². The number of aromatic nitrogens is 1. The molecule has 1 amide bonds. The molecule has 1 aliphatic heterocycles. The number of rotatable bonds is 5. The number of nitrogens with zero attached hydrogens (tertiary/aromatic N) is 2. The summed E-state index contributed by atoms with van der Waals surface area (Å²) in [6.07, 6.45) is 4.18. The number of carbonyl (C=O) groups excluding carboxylic acids is 1. The van der Waals surface area contributed by atoms with Gasteiger partial charge in [0, 0.05) is 42.7 Å². The zero-order valence-electron chi connectivity index (χ0n) is 14.1. The molecule has 0 bridgehead atoms. The Hall–Kier alpha value is -1.85. The first kappa shape index (κ1) is 16.6. The molecule has 4 rings (SSSR count). The molecule has 2 aromatic rings. The number of likely N-dealkylation sites (tertiary alicyclic amines) is 1. The van der Waals surface area contributed by atoms with Crippen molar-refractivity contribution in [1.82, 2.24) is 15.4 Å². The van der Waals surface area contributed by atoms with Gasteiger partial charge >= 0.3 is 0 Å². The number of carbonyl (C=O) groups is 1. The van der Waals surface area contributed by atoms with Crippen LogP contribution in [-0.2, 0) is 6.54 Å². The highest BCUT2D eigenvalue weighted by molar-refractivity contribution is 6.30. The van der Waals surface area contributed by atoms with Crippen molar-refractivity contribution in [1.29, 1.82) is 0 Å². The Bertz CT molecular complexity index is 731. The number of piperidine rings is 1. The molecule has 2 fully saturated rings. The molecule has 25 heavy (non-hydrogen) atoms. The van der Waals surface area contributed by atoms with Gasteiger partial charge < -0.3 is 9.84 Å². The van der Waals surface area contributed by atoms with E-state index in [0.717, 1.165) is 56.1 Å². The molecule has 1 saturated carbocycles. The van der Waals surface area contributed by atoms with E-state index in [1.807, 2.05) is 12.1 Å². The van der Waals surface area contributed by atoms with Gasteiger partial charge in [-0.25, -0.2) is 0 Å². The van der Waals surface area contributed by atoms with Crippen LogP contribution in [-0.4, -0.2) is 35.1 Å². The lowest BCUT2D eigenvalue weighted by Gasteiger charge is -2.32. The van der Waals surface area contributed by atoms with E-state index in [1.54, 1.807) is 6.07 Å². The second kappa shape index (κ2) is 7.18. The highest BCUT2D eigenvalue weighted by Gasteiger charge is 2.29. The highest BCUT2D eigenvalue weighted by atomic mass is 35.5. The predicted octanol–water partition coefficient (Wildman–Crippen LogP) is 3.60. The normalized spacial score (nSPS) is 19.1. The first-order chi connectivity index (χ1) is 12.2. The summed E-state index contributed by atoms with van der Waals surface area (Å²) in [5.41, 5.74) is 1.67. The monoisotopic (exact) mass is 359 g/mol. The van der Waals surface area contributed by atoms with E-state index in [-0.39, 0.29) is 11.9 Å². The SMILES string of the molecule is O=C(NC1CCN(Cc2ccc(Cl)cc2)CC1)c1cc(C2CC2)on1. The fraction of sp³-hybridized carbons (Fsp3) is 0.474. The van der Waals surface area contributed by atoms with Gasteiger partial charge in [-0.2, -0.15) is 0 Å². The summed E-state index contributed by atoms with van der Waals surface area (Å²) in [5.74, 6) is 1.21. The third kappa shape index (κ3) is 4.22. The Morgan fingerprint density at radius 1 is 1.20 bits per heavy atom. The highest BCUT2D eigenvalue weighted by Crippen LogP contribution is 2.40. The Balaban J connectivity index is 1.25. The van der Waals surface area contributed by atoms with Crippen LogP contribution in [0.25, 0.3) is 0 Å². The number of nitrogens with one attached hydrogen (secondary N) is 1. The Morgan fingerprint density at radius 2 is 1.92 bits per heavy atom. The lowest BCUT2D eigenvalue weighted by molar-refractivity contribution is 0.0899. The van der Waals surface area contributed by atoms with Gasteiger partial charge in [0.15, 0.2) is 5.69 Å². The zero-order valence-corrected chi connectivity index (χ0v) is 14.8. The van der Waals surface area contributed by atoms with Gasteiger partial charge in [-0.1, -0.05) is 28.9 Å². The minimum atomic E-state index is -0.119. The van der Waals surface area contributed by atoms with E-state index in [2.05, 4.69) is 27.5 Å². The Morgan fingerprint density at radius 3 is 2.60 bits per heavy atom. The van der Waals surface area contributed by atoms with Gasteiger partial charge in [-0.3, -0.25) is 9.69 Å². The average Bonchev–Trinajstić information content (AvgIpc) is 3.35. The fourth-order valence-corrected chi connectivity index (χ4v) is 3.43. The Kier molecular flexibility index (Phi) is 4.77.